The highest BCUT2D eigenvalue weighted by Crippen LogP contribution is 2.17. The van der Waals surface area contributed by atoms with E-state index in [0.29, 0.717) is 18.9 Å². The first kappa shape index (κ1) is 14.4. The second-order valence-corrected chi connectivity index (χ2v) is 4.53. The molecule has 1 aromatic carbocycles. The van der Waals surface area contributed by atoms with Gasteiger partial charge in [-0.05, 0) is 24.3 Å². The number of alkyl halides is 1. The molecule has 1 heterocycles. The van der Waals surface area contributed by atoms with Crippen LogP contribution in [0.1, 0.15) is 17.7 Å². The molecule has 0 atom stereocenters. The molecule has 102 valence electrons. The molecule has 0 radical (unpaired) electrons. The van der Waals surface area contributed by atoms with Crippen molar-refractivity contribution in [1.82, 2.24) is 4.98 Å². The molecular weight excluding hydrogens is 270 g/mol. The monoisotopic (exact) mass is 285 g/mol. The van der Waals surface area contributed by atoms with Crippen molar-refractivity contribution in [2.45, 2.75) is 12.8 Å². The third-order valence-corrected chi connectivity index (χ3v) is 2.86. The molecule has 20 heavy (non-hydrogen) atoms. The van der Waals surface area contributed by atoms with E-state index in [1.165, 1.54) is 0 Å². The Bertz CT molecular complexity index is 587. The largest absolute Gasteiger partial charge is 0.492 e. The average molecular weight is 286 g/mol. The zero-order valence-electron chi connectivity index (χ0n) is 11.2. The second-order valence-electron chi connectivity index (χ2n) is 4.16. The van der Waals surface area contributed by atoms with E-state index in [1.54, 1.807) is 6.20 Å². The van der Waals surface area contributed by atoms with E-state index in [-0.39, 0.29) is 0 Å². The van der Waals surface area contributed by atoms with Crippen LogP contribution >= 0.6 is 11.6 Å². The van der Waals surface area contributed by atoms with E-state index in [0.717, 1.165) is 23.4 Å². The summed E-state index contributed by atoms with van der Waals surface area (Å²) >= 11 is 5.62. The number of nitrogens with zero attached hydrogens (tertiary/aromatic N) is 1. The van der Waals surface area contributed by atoms with Crippen molar-refractivity contribution in [1.29, 1.82) is 0 Å². The minimum Gasteiger partial charge on any atom is -0.492 e. The smallest absolute Gasteiger partial charge is 0.134 e. The fourth-order valence-electron chi connectivity index (χ4n) is 1.71. The molecule has 0 saturated heterocycles. The van der Waals surface area contributed by atoms with Gasteiger partial charge in [-0.2, -0.15) is 0 Å². The van der Waals surface area contributed by atoms with Crippen LogP contribution in [0.5, 0.6) is 5.75 Å². The van der Waals surface area contributed by atoms with Crippen LogP contribution in [0.15, 0.2) is 48.7 Å². The lowest BCUT2D eigenvalue weighted by Crippen LogP contribution is -2.03. The Morgan fingerprint density at radius 1 is 1.10 bits per heavy atom. The van der Waals surface area contributed by atoms with Crippen LogP contribution in [0, 0.1) is 11.8 Å². The van der Waals surface area contributed by atoms with Gasteiger partial charge >= 0.3 is 0 Å². The summed E-state index contributed by atoms with van der Waals surface area (Å²) in [4.78, 5) is 4.27. The molecule has 0 amide bonds. The van der Waals surface area contributed by atoms with E-state index >= 15 is 0 Å². The van der Waals surface area contributed by atoms with Crippen LogP contribution in [-0.2, 0) is 6.42 Å². The lowest BCUT2D eigenvalue weighted by Gasteiger charge is -2.07. The van der Waals surface area contributed by atoms with E-state index in [2.05, 4.69) is 16.8 Å². The van der Waals surface area contributed by atoms with Crippen LogP contribution in [0.25, 0.3) is 0 Å². The van der Waals surface area contributed by atoms with Crippen molar-refractivity contribution in [2.24, 2.45) is 0 Å². The van der Waals surface area contributed by atoms with Gasteiger partial charge in [0.1, 0.15) is 5.75 Å². The average Bonchev–Trinajstić information content (AvgIpc) is 2.50. The predicted molar refractivity (Wildman–Crippen MR) is 82.1 cm³/mol. The van der Waals surface area contributed by atoms with Gasteiger partial charge in [-0.1, -0.05) is 30.0 Å². The fraction of sp³-hybridized carbons (Fsp3) is 0.235. The van der Waals surface area contributed by atoms with E-state index in [9.17, 15) is 0 Å². The van der Waals surface area contributed by atoms with Gasteiger partial charge in [0, 0.05) is 30.6 Å². The third kappa shape index (κ3) is 4.60. The molecule has 0 fully saturated rings. The molecule has 2 nitrogen and oxygen atoms in total. The van der Waals surface area contributed by atoms with Crippen molar-refractivity contribution in [2.75, 3.05) is 12.5 Å². The Morgan fingerprint density at radius 3 is 2.75 bits per heavy atom. The maximum Gasteiger partial charge on any atom is 0.134 e. The van der Waals surface area contributed by atoms with Crippen molar-refractivity contribution < 1.29 is 4.74 Å². The number of benzene rings is 1. The summed E-state index contributed by atoms with van der Waals surface area (Å²) in [5.41, 5.74) is 1.93. The minimum absolute atomic E-state index is 0.551. The number of hydrogen-bond donors (Lipinski definition) is 0. The first-order valence-corrected chi connectivity index (χ1v) is 7.10. The van der Waals surface area contributed by atoms with Gasteiger partial charge in [0.15, 0.2) is 0 Å². The van der Waals surface area contributed by atoms with Gasteiger partial charge in [-0.15, -0.1) is 11.6 Å². The Morgan fingerprint density at radius 2 is 1.95 bits per heavy atom. The Balaban J connectivity index is 1.94. The Labute approximate surface area is 124 Å². The molecule has 0 bridgehead atoms. The topological polar surface area (TPSA) is 22.1 Å². The number of pyridine rings is 1. The zero-order valence-corrected chi connectivity index (χ0v) is 11.9. The second kappa shape index (κ2) is 8.24. The SMILES string of the molecule is ClCCC#Cc1ccccc1OCCc1ccccn1. The molecule has 0 unspecified atom stereocenters. The maximum absolute atomic E-state index is 5.80. The Kier molecular flexibility index (Phi) is 5.95. The molecule has 0 N–H and O–H groups in total. The summed E-state index contributed by atoms with van der Waals surface area (Å²) < 4.78 is 5.80. The highest BCUT2D eigenvalue weighted by molar-refractivity contribution is 6.18. The normalized spacial score (nSPS) is 9.65. The summed E-state index contributed by atoms with van der Waals surface area (Å²) in [6.07, 6.45) is 3.26. The van der Waals surface area contributed by atoms with Crippen LogP contribution in [-0.4, -0.2) is 17.5 Å². The van der Waals surface area contributed by atoms with E-state index < -0.39 is 0 Å². The van der Waals surface area contributed by atoms with Crippen molar-refractivity contribution in [3.63, 3.8) is 0 Å². The predicted octanol–water partition coefficient (Wildman–Crippen LogP) is 3.68. The maximum atomic E-state index is 5.80. The molecule has 0 aliphatic carbocycles. The number of rotatable bonds is 5. The lowest BCUT2D eigenvalue weighted by atomic mass is 10.2. The summed E-state index contributed by atoms with van der Waals surface area (Å²) in [7, 11) is 0. The molecule has 1 aromatic heterocycles. The van der Waals surface area contributed by atoms with Crippen molar-refractivity contribution in [3.05, 3.63) is 59.9 Å². The first-order valence-electron chi connectivity index (χ1n) is 6.56. The van der Waals surface area contributed by atoms with Gasteiger partial charge in [0.2, 0.25) is 0 Å². The lowest BCUT2D eigenvalue weighted by molar-refractivity contribution is 0.319. The number of ether oxygens (including phenoxy) is 1. The van der Waals surface area contributed by atoms with Crippen molar-refractivity contribution >= 4 is 11.6 Å². The summed E-state index contributed by atoms with van der Waals surface area (Å²) in [5, 5.41) is 0. The molecule has 2 aromatic rings. The highest BCUT2D eigenvalue weighted by atomic mass is 35.5. The summed E-state index contributed by atoms with van der Waals surface area (Å²) in [6.45, 7) is 0.589. The summed E-state index contributed by atoms with van der Waals surface area (Å²) in [6, 6.07) is 13.7. The molecule has 2 rings (SSSR count). The number of hydrogen-bond acceptors (Lipinski definition) is 2. The van der Waals surface area contributed by atoms with Crippen molar-refractivity contribution in [3.8, 4) is 17.6 Å². The number of para-hydroxylation sites is 1. The minimum atomic E-state index is 0.551. The van der Waals surface area contributed by atoms with Gasteiger partial charge < -0.3 is 4.74 Å². The molecule has 0 aliphatic rings. The molecular formula is C17H16ClNO. The summed E-state index contributed by atoms with van der Waals surface area (Å²) in [5.74, 6) is 7.48. The van der Waals surface area contributed by atoms with Crippen LogP contribution < -0.4 is 4.74 Å². The third-order valence-electron chi connectivity index (χ3n) is 2.67. The van der Waals surface area contributed by atoms with E-state index in [4.69, 9.17) is 16.3 Å². The van der Waals surface area contributed by atoms with Crippen LogP contribution in [0.3, 0.4) is 0 Å². The Hall–Kier alpha value is -1.98. The molecule has 0 aliphatic heterocycles. The quantitative estimate of drug-likeness (QED) is 0.617. The number of halogens is 1. The number of aromatic nitrogens is 1. The zero-order chi connectivity index (χ0) is 14.0. The van der Waals surface area contributed by atoms with Crippen LogP contribution in [0.2, 0.25) is 0 Å². The van der Waals surface area contributed by atoms with Gasteiger partial charge in [0.05, 0.1) is 12.2 Å². The standard InChI is InChI=1S/C17H16ClNO/c18-12-5-3-8-15-7-1-2-10-17(15)20-14-11-16-9-4-6-13-19-16/h1-2,4,6-7,9-10,13H,5,11-12,14H2. The van der Waals surface area contributed by atoms with Gasteiger partial charge in [0.25, 0.3) is 0 Å². The molecule has 3 heteroatoms. The molecule has 0 saturated carbocycles. The van der Waals surface area contributed by atoms with E-state index in [1.807, 2.05) is 42.5 Å². The highest BCUT2D eigenvalue weighted by Gasteiger charge is 2.00. The fourth-order valence-corrected chi connectivity index (χ4v) is 1.81. The van der Waals surface area contributed by atoms with Gasteiger partial charge in [-0.3, -0.25) is 4.98 Å². The van der Waals surface area contributed by atoms with Gasteiger partial charge in [-0.25, -0.2) is 0 Å². The molecule has 0 spiro atoms. The van der Waals surface area contributed by atoms with Crippen LogP contribution in [0.4, 0.5) is 0 Å². The first-order chi connectivity index (χ1) is 9.90.